The number of rotatable bonds is 56. The van der Waals surface area contributed by atoms with E-state index in [4.69, 9.17) is 0 Å². The molecule has 2 rings (SSSR count). The van der Waals surface area contributed by atoms with Crippen LogP contribution in [0, 0.1) is 0 Å². The van der Waals surface area contributed by atoms with E-state index in [1.807, 2.05) is 12.1 Å². The van der Waals surface area contributed by atoms with Gasteiger partial charge in [-0.05, 0) is 48.9 Å². The van der Waals surface area contributed by atoms with Crippen LogP contribution >= 0.6 is 0 Å². The van der Waals surface area contributed by atoms with Crippen LogP contribution in [0.25, 0.3) is 0 Å². The number of unbranched alkanes of at least 4 members (excludes halogenated alkanes) is 50. The van der Waals surface area contributed by atoms with Crippen molar-refractivity contribution in [2.75, 3.05) is 0 Å². The molecule has 0 aliphatic heterocycles. The Labute approximate surface area is 495 Å². The molecule has 2 aromatic carbocycles. The molecule has 0 spiro atoms. The summed E-state index contributed by atoms with van der Waals surface area (Å²) >= 11 is 0. The van der Waals surface area contributed by atoms with Gasteiger partial charge in [-0.25, -0.2) is 16.8 Å². The van der Waals surface area contributed by atoms with Gasteiger partial charge in [-0.1, -0.05) is 371 Å². The van der Waals surface area contributed by atoms with Crippen molar-refractivity contribution in [1.82, 2.24) is 0 Å². The Hall–Kier alpha value is -0.974. The quantitative estimate of drug-likeness (QED) is 0.0370. The van der Waals surface area contributed by atoms with E-state index >= 15 is 0 Å². The standard InChI is InChI=1S/2C34H62O3S.Mg/c2*1-2-3-4-5-6-7-8-9-10-11-12-13-14-15-16-17-18-19-20-21-22-23-24-25-26-27-30-33-31-28-29-32-34(33)38(35,36)37;/h2*28-29,31-32H,2-27,30H2,1H3,(H,35,36,37);/q;;+2/p-2. The molecule has 0 saturated carbocycles. The van der Waals surface area contributed by atoms with Gasteiger partial charge >= 0.3 is 23.1 Å². The summed E-state index contributed by atoms with van der Waals surface area (Å²) in [6.45, 7) is 4.58. The van der Waals surface area contributed by atoms with E-state index in [-0.39, 0.29) is 32.8 Å². The first-order valence-corrected chi connectivity index (χ1v) is 36.0. The molecule has 0 N–H and O–H groups in total. The van der Waals surface area contributed by atoms with Crippen LogP contribution in [0.15, 0.2) is 58.3 Å². The molecule has 444 valence electrons. The van der Waals surface area contributed by atoms with Crippen molar-refractivity contribution in [3.63, 3.8) is 0 Å². The summed E-state index contributed by atoms with van der Waals surface area (Å²) < 4.78 is 68.1. The molecular formula is C68H122MgO6S2. The van der Waals surface area contributed by atoms with E-state index in [1.165, 1.54) is 320 Å². The molecule has 9 heteroatoms. The molecule has 0 bridgehead atoms. The topological polar surface area (TPSA) is 114 Å². The van der Waals surface area contributed by atoms with Crippen molar-refractivity contribution in [3.8, 4) is 0 Å². The maximum absolute atomic E-state index is 11.3. The van der Waals surface area contributed by atoms with Crippen LogP contribution in [0.4, 0.5) is 0 Å². The fourth-order valence-electron chi connectivity index (χ4n) is 11.2. The Morgan fingerprint density at radius 2 is 0.390 bits per heavy atom. The smallest absolute Gasteiger partial charge is 0.744 e. The first-order chi connectivity index (χ1) is 37.1. The van der Waals surface area contributed by atoms with Crippen molar-refractivity contribution >= 4 is 43.3 Å². The third-order valence-corrected chi connectivity index (χ3v) is 18.0. The van der Waals surface area contributed by atoms with Gasteiger partial charge in [0.25, 0.3) is 0 Å². The Morgan fingerprint density at radius 1 is 0.247 bits per heavy atom. The SMILES string of the molecule is CCCCCCCCCCCCCCCCCCCCCCCCCCCCc1ccccc1S(=O)(=O)[O-].CCCCCCCCCCCCCCCCCCCCCCCCCCCCc1ccccc1S(=O)(=O)[O-].[Mg+2]. The van der Waals surface area contributed by atoms with Crippen LogP contribution in [0.5, 0.6) is 0 Å². The minimum absolute atomic E-state index is 0. The van der Waals surface area contributed by atoms with Gasteiger partial charge in [0.1, 0.15) is 20.2 Å². The Balaban J connectivity index is 0.00000148. The minimum Gasteiger partial charge on any atom is -0.744 e. The molecule has 0 heterocycles. The Bertz CT molecular complexity index is 1620. The van der Waals surface area contributed by atoms with Crippen molar-refractivity contribution in [3.05, 3.63) is 59.7 Å². The largest absolute Gasteiger partial charge is 2.00 e. The van der Waals surface area contributed by atoms with Gasteiger partial charge in [0.05, 0.1) is 9.79 Å². The van der Waals surface area contributed by atoms with Gasteiger partial charge in [-0.15, -0.1) is 0 Å². The summed E-state index contributed by atoms with van der Waals surface area (Å²) in [7, 11) is -8.73. The average molecular weight is 1120 g/mol. The minimum atomic E-state index is -4.36. The molecule has 0 aliphatic carbocycles. The Morgan fingerprint density at radius 3 is 0.545 bits per heavy atom. The van der Waals surface area contributed by atoms with E-state index in [9.17, 15) is 25.9 Å². The molecule has 77 heavy (non-hydrogen) atoms. The molecule has 0 unspecified atom stereocenters. The fraction of sp³-hybridized carbons (Fsp3) is 0.824. The van der Waals surface area contributed by atoms with Crippen LogP contribution in [0.1, 0.15) is 359 Å². The van der Waals surface area contributed by atoms with Gasteiger partial charge < -0.3 is 9.11 Å². The maximum atomic E-state index is 11.3. The summed E-state index contributed by atoms with van der Waals surface area (Å²) in [5.74, 6) is 0. The van der Waals surface area contributed by atoms with Crippen LogP contribution in [0.3, 0.4) is 0 Å². The first kappa shape index (κ1) is 76.0. The van der Waals surface area contributed by atoms with E-state index in [1.54, 1.807) is 24.3 Å². The molecule has 0 fully saturated rings. The van der Waals surface area contributed by atoms with Crippen LogP contribution in [-0.2, 0) is 33.1 Å². The zero-order chi connectivity index (χ0) is 55.2. The van der Waals surface area contributed by atoms with E-state index in [2.05, 4.69) is 13.8 Å². The van der Waals surface area contributed by atoms with Crippen LogP contribution in [-0.4, -0.2) is 49.0 Å². The second kappa shape index (κ2) is 56.9. The summed E-state index contributed by atoms with van der Waals surface area (Å²) in [5.41, 5.74) is 1.35. The summed E-state index contributed by atoms with van der Waals surface area (Å²) in [6, 6.07) is 13.3. The van der Waals surface area contributed by atoms with Gasteiger partial charge in [-0.3, -0.25) is 0 Å². The molecule has 0 aliphatic rings. The summed E-state index contributed by atoms with van der Waals surface area (Å²) in [4.78, 5) is -0.0841. The van der Waals surface area contributed by atoms with Crippen molar-refractivity contribution < 1.29 is 25.9 Å². The molecule has 6 nitrogen and oxygen atoms in total. The molecule has 0 amide bonds. The zero-order valence-electron chi connectivity index (χ0n) is 50.8. The molecule has 0 atom stereocenters. The van der Waals surface area contributed by atoms with E-state index in [0.717, 1.165) is 25.7 Å². The third kappa shape index (κ3) is 50.5. The molecule has 0 aromatic heterocycles. The van der Waals surface area contributed by atoms with E-state index < -0.39 is 20.2 Å². The summed E-state index contributed by atoms with van der Waals surface area (Å²) in [5, 5.41) is 0. The third-order valence-electron chi connectivity index (χ3n) is 16.1. The number of hydrogen-bond donors (Lipinski definition) is 0. The zero-order valence-corrected chi connectivity index (χ0v) is 53.8. The Kier molecular flexibility index (Phi) is 56.2. The first-order valence-electron chi connectivity index (χ1n) is 33.2. The van der Waals surface area contributed by atoms with Crippen LogP contribution < -0.4 is 0 Å². The number of aryl methyl sites for hydroxylation is 2. The predicted molar refractivity (Wildman–Crippen MR) is 333 cm³/mol. The van der Waals surface area contributed by atoms with Crippen molar-refractivity contribution in [2.45, 2.75) is 370 Å². The summed E-state index contributed by atoms with van der Waals surface area (Å²) in [6.07, 6.45) is 73.1. The molecule has 0 radical (unpaired) electrons. The second-order valence-corrected chi connectivity index (χ2v) is 26.0. The van der Waals surface area contributed by atoms with Crippen molar-refractivity contribution in [1.29, 1.82) is 0 Å². The fourth-order valence-corrected chi connectivity index (χ4v) is 12.6. The van der Waals surface area contributed by atoms with Gasteiger partial charge in [0, 0.05) is 0 Å². The second-order valence-electron chi connectivity index (χ2n) is 23.3. The van der Waals surface area contributed by atoms with Gasteiger partial charge in [0.15, 0.2) is 0 Å². The van der Waals surface area contributed by atoms with E-state index in [0.29, 0.717) is 24.0 Å². The maximum Gasteiger partial charge on any atom is 2.00 e. The molecule has 0 saturated heterocycles. The van der Waals surface area contributed by atoms with Gasteiger partial charge in [0.2, 0.25) is 0 Å². The monoisotopic (exact) mass is 1120 g/mol. The van der Waals surface area contributed by atoms with Crippen molar-refractivity contribution in [2.24, 2.45) is 0 Å². The van der Waals surface area contributed by atoms with Crippen LogP contribution in [0.2, 0.25) is 0 Å². The van der Waals surface area contributed by atoms with Gasteiger partial charge in [-0.2, -0.15) is 0 Å². The molecule has 2 aromatic rings. The normalized spacial score (nSPS) is 11.7. The molecular weight excluding hydrogens is 1000 g/mol. The number of benzene rings is 2. The number of hydrogen-bond acceptors (Lipinski definition) is 6. The average Bonchev–Trinajstić information content (AvgIpc) is 3.40. The predicted octanol–water partition coefficient (Wildman–Crippen LogP) is 22.2.